The number of hydrogen-bond acceptors (Lipinski definition) is 5. The van der Waals surface area contributed by atoms with E-state index in [1.165, 1.54) is 18.2 Å². The Morgan fingerprint density at radius 1 is 1.60 bits per heavy atom. The summed E-state index contributed by atoms with van der Waals surface area (Å²) in [5.41, 5.74) is 5.25. The Balaban J connectivity index is 2.04. The molecule has 0 aromatic heterocycles. The van der Waals surface area contributed by atoms with E-state index in [1.807, 2.05) is 0 Å². The van der Waals surface area contributed by atoms with Gasteiger partial charge in [0.2, 0.25) is 0 Å². The molecule has 1 fully saturated rings. The van der Waals surface area contributed by atoms with Gasteiger partial charge in [-0.05, 0) is 18.9 Å². The molecule has 3 N–H and O–H groups in total. The van der Waals surface area contributed by atoms with E-state index in [0.717, 1.165) is 12.8 Å². The molecule has 0 heterocycles. The van der Waals surface area contributed by atoms with Gasteiger partial charge in [0.1, 0.15) is 11.6 Å². The molecular weight excluding hydrogens is 286 g/mol. The van der Waals surface area contributed by atoms with Gasteiger partial charge in [0.25, 0.3) is 5.69 Å². The van der Waals surface area contributed by atoms with Crippen molar-refractivity contribution in [3.63, 3.8) is 0 Å². The Morgan fingerprint density at radius 3 is 2.85 bits per heavy atom. The zero-order chi connectivity index (χ0) is 14.8. The van der Waals surface area contributed by atoms with Crippen LogP contribution in [-0.2, 0) is 0 Å². The molecule has 1 saturated carbocycles. The number of nitro groups is 1. The second-order valence-corrected chi connectivity index (χ2v) is 5.34. The van der Waals surface area contributed by atoms with Gasteiger partial charge in [0, 0.05) is 17.9 Å². The fourth-order valence-electron chi connectivity index (χ4n) is 1.92. The summed E-state index contributed by atoms with van der Waals surface area (Å²) < 4.78 is 5.57. The molecule has 0 atom stereocenters. The van der Waals surface area contributed by atoms with Gasteiger partial charge in [0.05, 0.1) is 22.6 Å². The largest absolute Gasteiger partial charge is 0.491 e. The number of oxime groups is 1. The number of non-ortho nitro benzene ring substituents is 1. The van der Waals surface area contributed by atoms with E-state index < -0.39 is 4.92 Å². The fourth-order valence-corrected chi connectivity index (χ4v) is 2.09. The minimum Gasteiger partial charge on any atom is -0.491 e. The van der Waals surface area contributed by atoms with E-state index in [4.69, 9.17) is 27.3 Å². The lowest BCUT2D eigenvalue weighted by Crippen LogP contribution is -2.22. The molecule has 2 rings (SSSR count). The third-order valence-corrected chi connectivity index (χ3v) is 3.61. The lowest BCUT2D eigenvalue weighted by molar-refractivity contribution is -0.384. The van der Waals surface area contributed by atoms with Crippen LogP contribution in [0.4, 0.5) is 5.69 Å². The Bertz CT molecular complexity index is 558. The van der Waals surface area contributed by atoms with Crippen LogP contribution in [0.3, 0.4) is 0 Å². The SMILES string of the molecule is NC(CC1(COc2cc([N+](=O)[O-])ccc2Cl)CC1)=NO. The van der Waals surface area contributed by atoms with E-state index in [2.05, 4.69) is 5.16 Å². The summed E-state index contributed by atoms with van der Waals surface area (Å²) in [6, 6.07) is 4.04. The Hall–Kier alpha value is -2.02. The standard InChI is InChI=1S/C12H14ClN3O4/c13-9-2-1-8(16(18)19)5-10(9)20-7-12(3-4-12)6-11(14)15-17/h1-2,5,17H,3-4,6-7H2,(H2,14,15). The first kappa shape index (κ1) is 14.4. The number of hydrogen-bond donors (Lipinski definition) is 2. The smallest absolute Gasteiger partial charge is 0.273 e. The molecule has 0 saturated heterocycles. The molecule has 1 aromatic carbocycles. The number of nitrogens with two attached hydrogens (primary N) is 1. The van der Waals surface area contributed by atoms with Gasteiger partial charge in [-0.15, -0.1) is 0 Å². The van der Waals surface area contributed by atoms with Crippen molar-refractivity contribution >= 4 is 23.1 Å². The maximum atomic E-state index is 10.7. The number of nitrogens with zero attached hydrogens (tertiary/aromatic N) is 2. The molecule has 0 spiro atoms. The molecule has 0 bridgehead atoms. The lowest BCUT2D eigenvalue weighted by Gasteiger charge is -2.16. The van der Waals surface area contributed by atoms with Crippen LogP contribution in [0, 0.1) is 15.5 Å². The van der Waals surface area contributed by atoms with Crippen LogP contribution in [0.5, 0.6) is 5.75 Å². The topological polar surface area (TPSA) is 111 Å². The van der Waals surface area contributed by atoms with Gasteiger partial charge in [-0.3, -0.25) is 10.1 Å². The summed E-state index contributed by atoms with van der Waals surface area (Å²) >= 11 is 5.95. The Labute approximate surface area is 120 Å². The zero-order valence-corrected chi connectivity index (χ0v) is 11.3. The van der Waals surface area contributed by atoms with Crippen molar-refractivity contribution in [1.82, 2.24) is 0 Å². The molecule has 1 aliphatic carbocycles. The maximum Gasteiger partial charge on any atom is 0.273 e. The first-order valence-electron chi connectivity index (χ1n) is 5.99. The predicted molar refractivity (Wildman–Crippen MR) is 73.3 cm³/mol. The van der Waals surface area contributed by atoms with Crippen molar-refractivity contribution in [1.29, 1.82) is 0 Å². The summed E-state index contributed by atoms with van der Waals surface area (Å²) in [4.78, 5) is 10.2. The maximum absolute atomic E-state index is 10.7. The highest BCUT2D eigenvalue weighted by atomic mass is 35.5. The molecular formula is C12H14ClN3O4. The lowest BCUT2D eigenvalue weighted by atomic mass is 10.0. The molecule has 108 valence electrons. The zero-order valence-electron chi connectivity index (χ0n) is 10.6. The van der Waals surface area contributed by atoms with Gasteiger partial charge in [-0.25, -0.2) is 0 Å². The first-order chi connectivity index (χ1) is 9.46. The first-order valence-corrected chi connectivity index (χ1v) is 6.37. The number of benzene rings is 1. The third-order valence-electron chi connectivity index (χ3n) is 3.30. The monoisotopic (exact) mass is 299 g/mol. The minimum absolute atomic E-state index is 0.0781. The summed E-state index contributed by atoms with van der Waals surface area (Å²) in [6.45, 7) is 0.324. The van der Waals surface area contributed by atoms with Crippen LogP contribution in [0.25, 0.3) is 0 Å². The van der Waals surface area contributed by atoms with Crippen molar-refractivity contribution in [3.05, 3.63) is 33.3 Å². The van der Waals surface area contributed by atoms with Gasteiger partial charge < -0.3 is 15.7 Å². The average molecular weight is 300 g/mol. The third kappa shape index (κ3) is 3.30. The molecule has 8 heteroatoms. The molecule has 20 heavy (non-hydrogen) atoms. The molecule has 1 aliphatic rings. The number of ether oxygens (including phenoxy) is 1. The minimum atomic E-state index is -0.507. The quantitative estimate of drug-likeness (QED) is 0.276. The summed E-state index contributed by atoms with van der Waals surface area (Å²) in [5.74, 6) is 0.419. The molecule has 1 aromatic rings. The normalized spacial score (nSPS) is 16.8. The van der Waals surface area contributed by atoms with Gasteiger partial charge in [0.15, 0.2) is 0 Å². The van der Waals surface area contributed by atoms with E-state index >= 15 is 0 Å². The highest BCUT2D eigenvalue weighted by Gasteiger charge is 2.44. The second-order valence-electron chi connectivity index (χ2n) is 4.93. The van der Waals surface area contributed by atoms with E-state index in [9.17, 15) is 10.1 Å². The van der Waals surface area contributed by atoms with Gasteiger partial charge in [-0.2, -0.15) is 0 Å². The van der Waals surface area contributed by atoms with Crippen molar-refractivity contribution in [2.24, 2.45) is 16.3 Å². The Morgan fingerprint density at radius 2 is 2.30 bits per heavy atom. The van der Waals surface area contributed by atoms with Crippen LogP contribution in [0.15, 0.2) is 23.4 Å². The number of amidine groups is 1. The highest BCUT2D eigenvalue weighted by Crippen LogP contribution is 2.49. The van der Waals surface area contributed by atoms with Crippen molar-refractivity contribution in [3.8, 4) is 5.75 Å². The van der Waals surface area contributed by atoms with Crippen LogP contribution in [0.2, 0.25) is 5.02 Å². The average Bonchev–Trinajstić information content (AvgIpc) is 3.17. The van der Waals surface area contributed by atoms with E-state index in [1.54, 1.807) is 0 Å². The van der Waals surface area contributed by atoms with Gasteiger partial charge in [-0.1, -0.05) is 16.8 Å². The Kier molecular flexibility index (Phi) is 3.99. The number of nitro benzene ring substituents is 1. The van der Waals surface area contributed by atoms with Crippen LogP contribution in [0.1, 0.15) is 19.3 Å². The summed E-state index contributed by atoms with van der Waals surface area (Å²) in [5, 5.41) is 22.5. The van der Waals surface area contributed by atoms with Crippen LogP contribution < -0.4 is 10.5 Å². The predicted octanol–water partition coefficient (Wildman–Crippen LogP) is 2.54. The van der Waals surface area contributed by atoms with E-state index in [-0.39, 0.29) is 22.7 Å². The van der Waals surface area contributed by atoms with Crippen molar-refractivity contribution in [2.45, 2.75) is 19.3 Å². The van der Waals surface area contributed by atoms with Gasteiger partial charge >= 0.3 is 0 Å². The molecule has 0 radical (unpaired) electrons. The fraction of sp³-hybridized carbons (Fsp3) is 0.417. The van der Waals surface area contributed by atoms with Crippen molar-refractivity contribution in [2.75, 3.05) is 6.61 Å². The van der Waals surface area contributed by atoms with E-state index in [0.29, 0.717) is 18.1 Å². The number of halogens is 1. The van der Waals surface area contributed by atoms with Crippen LogP contribution >= 0.6 is 11.6 Å². The van der Waals surface area contributed by atoms with Crippen LogP contribution in [-0.4, -0.2) is 22.6 Å². The number of rotatable bonds is 6. The highest BCUT2D eigenvalue weighted by molar-refractivity contribution is 6.32. The van der Waals surface area contributed by atoms with Crippen molar-refractivity contribution < 1.29 is 14.9 Å². The molecule has 0 amide bonds. The second kappa shape index (κ2) is 5.54. The summed E-state index contributed by atoms with van der Waals surface area (Å²) in [6.07, 6.45) is 2.22. The summed E-state index contributed by atoms with van der Waals surface area (Å²) in [7, 11) is 0. The molecule has 7 nitrogen and oxygen atoms in total. The molecule has 0 aliphatic heterocycles. The molecule has 0 unspecified atom stereocenters.